The van der Waals surface area contributed by atoms with Gasteiger partial charge in [0.1, 0.15) is 10.7 Å². The van der Waals surface area contributed by atoms with Crippen LogP contribution >= 0.6 is 12.4 Å². The summed E-state index contributed by atoms with van der Waals surface area (Å²) in [6.07, 6.45) is 0. The molecule has 1 aliphatic heterocycles. The average Bonchev–Trinajstić information content (AvgIpc) is 2.32. The first-order chi connectivity index (χ1) is 8.44. The molecule has 1 unspecified atom stereocenters. The number of nitrogens with zero attached hydrogens (tertiary/aromatic N) is 1. The lowest BCUT2D eigenvalue weighted by Gasteiger charge is -2.32. The Hall–Kier alpha value is -0.690. The highest BCUT2D eigenvalue weighted by Gasteiger charge is 2.32. The number of hydrogen-bond donors (Lipinski definition) is 1. The van der Waals surface area contributed by atoms with Crippen molar-refractivity contribution < 1.29 is 12.8 Å². The van der Waals surface area contributed by atoms with E-state index in [1.165, 1.54) is 10.4 Å². The number of benzene rings is 1. The standard InChI is InChI=1S/C12H17FN2O2S.ClH/c1-9-4-3-5-11(12(9)13)18(16,17)15-7-6-14-8-10(15)2;/h3-5,10,14H,6-8H2,1-2H3;1H. The zero-order valence-electron chi connectivity index (χ0n) is 10.9. The molecule has 1 atom stereocenters. The fraction of sp³-hybridized carbons (Fsp3) is 0.500. The Balaban J connectivity index is 0.00000180. The van der Waals surface area contributed by atoms with E-state index >= 15 is 0 Å². The molecule has 0 aliphatic carbocycles. The predicted molar refractivity (Wildman–Crippen MR) is 74.6 cm³/mol. The summed E-state index contributed by atoms with van der Waals surface area (Å²) in [5, 5.41) is 3.11. The lowest BCUT2D eigenvalue weighted by atomic mass is 10.2. The van der Waals surface area contributed by atoms with E-state index in [1.54, 1.807) is 19.1 Å². The molecule has 108 valence electrons. The third-order valence-corrected chi connectivity index (χ3v) is 5.21. The molecule has 7 heteroatoms. The van der Waals surface area contributed by atoms with Gasteiger partial charge in [0, 0.05) is 25.7 Å². The van der Waals surface area contributed by atoms with E-state index in [9.17, 15) is 12.8 Å². The average molecular weight is 309 g/mol. The van der Waals surface area contributed by atoms with Crippen molar-refractivity contribution in [2.75, 3.05) is 19.6 Å². The zero-order chi connectivity index (χ0) is 13.3. The third-order valence-electron chi connectivity index (χ3n) is 3.18. The normalized spacial score (nSPS) is 20.9. The molecular formula is C12H18ClFN2O2S. The van der Waals surface area contributed by atoms with Crippen LogP contribution in [0.4, 0.5) is 4.39 Å². The first-order valence-electron chi connectivity index (χ1n) is 5.92. The van der Waals surface area contributed by atoms with Gasteiger partial charge >= 0.3 is 0 Å². The Morgan fingerprint density at radius 3 is 2.74 bits per heavy atom. The SMILES string of the molecule is Cc1cccc(S(=O)(=O)N2CCNCC2C)c1F.Cl. The maximum Gasteiger partial charge on any atom is 0.246 e. The molecule has 4 nitrogen and oxygen atoms in total. The summed E-state index contributed by atoms with van der Waals surface area (Å²) in [7, 11) is -3.75. The molecule has 0 spiro atoms. The number of nitrogens with one attached hydrogen (secondary N) is 1. The maximum absolute atomic E-state index is 14.0. The Bertz CT molecular complexity index is 551. The molecule has 2 rings (SSSR count). The van der Waals surface area contributed by atoms with Gasteiger partial charge < -0.3 is 5.32 Å². The third kappa shape index (κ3) is 3.08. The van der Waals surface area contributed by atoms with Crippen molar-refractivity contribution in [1.29, 1.82) is 0 Å². The molecule has 0 saturated carbocycles. The minimum Gasteiger partial charge on any atom is -0.314 e. The fourth-order valence-electron chi connectivity index (χ4n) is 2.13. The summed E-state index contributed by atoms with van der Waals surface area (Å²) in [5.74, 6) is -0.650. The molecule has 19 heavy (non-hydrogen) atoms. The summed E-state index contributed by atoms with van der Waals surface area (Å²) in [6, 6.07) is 4.30. The van der Waals surface area contributed by atoms with E-state index < -0.39 is 15.8 Å². The molecule has 0 aromatic heterocycles. The van der Waals surface area contributed by atoms with E-state index in [0.29, 0.717) is 25.2 Å². The van der Waals surface area contributed by atoms with Crippen LogP contribution in [-0.4, -0.2) is 38.4 Å². The van der Waals surface area contributed by atoms with Crippen LogP contribution in [0.3, 0.4) is 0 Å². The van der Waals surface area contributed by atoms with Gasteiger partial charge in [0.05, 0.1) is 0 Å². The van der Waals surface area contributed by atoms with E-state index in [4.69, 9.17) is 0 Å². The second kappa shape index (κ2) is 6.17. The van der Waals surface area contributed by atoms with Gasteiger partial charge in [-0.2, -0.15) is 4.31 Å². The van der Waals surface area contributed by atoms with E-state index in [0.717, 1.165) is 0 Å². The smallest absolute Gasteiger partial charge is 0.246 e. The largest absolute Gasteiger partial charge is 0.314 e. The predicted octanol–water partition coefficient (Wildman–Crippen LogP) is 1.54. The molecule has 1 N–H and O–H groups in total. The van der Waals surface area contributed by atoms with Crippen molar-refractivity contribution in [2.45, 2.75) is 24.8 Å². The first kappa shape index (κ1) is 16.4. The van der Waals surface area contributed by atoms with E-state index in [2.05, 4.69) is 5.32 Å². The van der Waals surface area contributed by atoms with Crippen molar-refractivity contribution in [2.24, 2.45) is 0 Å². The monoisotopic (exact) mass is 308 g/mol. The van der Waals surface area contributed by atoms with Crippen LogP contribution in [0.15, 0.2) is 23.1 Å². The van der Waals surface area contributed by atoms with Crippen LogP contribution in [0.5, 0.6) is 0 Å². The number of aryl methyl sites for hydroxylation is 1. The van der Waals surface area contributed by atoms with E-state index in [1.807, 2.05) is 6.92 Å². The molecule has 0 radical (unpaired) electrons. The maximum atomic E-state index is 14.0. The Morgan fingerprint density at radius 2 is 2.11 bits per heavy atom. The Kier molecular flexibility index (Phi) is 5.32. The Labute approximate surface area is 119 Å². The number of sulfonamides is 1. The summed E-state index contributed by atoms with van der Waals surface area (Å²) >= 11 is 0. The van der Waals surface area contributed by atoms with Gasteiger partial charge in [0.2, 0.25) is 10.0 Å². The molecule has 1 aromatic rings. The molecular weight excluding hydrogens is 291 g/mol. The zero-order valence-corrected chi connectivity index (χ0v) is 12.5. The van der Waals surface area contributed by atoms with Crippen LogP contribution in [0.2, 0.25) is 0 Å². The van der Waals surface area contributed by atoms with Crippen LogP contribution in [0.25, 0.3) is 0 Å². The second-order valence-electron chi connectivity index (χ2n) is 4.56. The van der Waals surface area contributed by atoms with Gasteiger partial charge in [-0.25, -0.2) is 12.8 Å². The topological polar surface area (TPSA) is 49.4 Å². The van der Waals surface area contributed by atoms with Crippen LogP contribution in [0.1, 0.15) is 12.5 Å². The van der Waals surface area contributed by atoms with Gasteiger partial charge in [-0.3, -0.25) is 0 Å². The Morgan fingerprint density at radius 1 is 1.42 bits per heavy atom. The van der Waals surface area contributed by atoms with Gasteiger partial charge in [-0.05, 0) is 25.5 Å². The molecule has 1 fully saturated rings. The quantitative estimate of drug-likeness (QED) is 0.901. The summed E-state index contributed by atoms with van der Waals surface area (Å²) in [4.78, 5) is -0.226. The number of halogens is 2. The first-order valence-corrected chi connectivity index (χ1v) is 7.36. The summed E-state index contributed by atoms with van der Waals surface area (Å²) in [5.41, 5.74) is 0.346. The molecule has 0 bridgehead atoms. The second-order valence-corrected chi connectivity index (χ2v) is 6.41. The van der Waals surface area contributed by atoms with E-state index in [-0.39, 0.29) is 23.3 Å². The number of piperazine rings is 1. The summed E-state index contributed by atoms with van der Waals surface area (Å²) < 4.78 is 40.2. The minimum absolute atomic E-state index is 0. The van der Waals surface area contributed by atoms with Crippen LogP contribution in [-0.2, 0) is 10.0 Å². The number of hydrogen-bond acceptors (Lipinski definition) is 3. The van der Waals surface area contributed by atoms with Gasteiger partial charge in [0.15, 0.2) is 0 Å². The van der Waals surface area contributed by atoms with Crippen molar-refractivity contribution in [1.82, 2.24) is 9.62 Å². The highest BCUT2D eigenvalue weighted by molar-refractivity contribution is 7.89. The van der Waals surface area contributed by atoms with Gasteiger partial charge in [0.25, 0.3) is 0 Å². The lowest BCUT2D eigenvalue weighted by Crippen LogP contribution is -2.52. The van der Waals surface area contributed by atoms with Crippen molar-refractivity contribution in [3.05, 3.63) is 29.6 Å². The molecule has 1 heterocycles. The summed E-state index contributed by atoms with van der Waals surface area (Å²) in [6.45, 7) is 4.94. The fourth-order valence-corrected chi connectivity index (χ4v) is 3.90. The van der Waals surface area contributed by atoms with Gasteiger partial charge in [-0.1, -0.05) is 12.1 Å². The van der Waals surface area contributed by atoms with Crippen molar-refractivity contribution in [3.63, 3.8) is 0 Å². The molecule has 1 aromatic carbocycles. The number of rotatable bonds is 2. The minimum atomic E-state index is -3.75. The highest BCUT2D eigenvalue weighted by Crippen LogP contribution is 2.23. The lowest BCUT2D eigenvalue weighted by molar-refractivity contribution is 0.283. The van der Waals surface area contributed by atoms with Gasteiger partial charge in [-0.15, -0.1) is 12.4 Å². The molecule has 1 aliphatic rings. The highest BCUT2D eigenvalue weighted by atomic mass is 35.5. The van der Waals surface area contributed by atoms with Crippen LogP contribution < -0.4 is 5.32 Å². The van der Waals surface area contributed by atoms with Crippen molar-refractivity contribution in [3.8, 4) is 0 Å². The van der Waals surface area contributed by atoms with Crippen molar-refractivity contribution >= 4 is 22.4 Å². The molecule has 0 amide bonds. The van der Waals surface area contributed by atoms with Crippen LogP contribution in [0, 0.1) is 12.7 Å². The molecule has 1 saturated heterocycles.